The lowest BCUT2D eigenvalue weighted by Gasteiger charge is -2.35. The van der Waals surface area contributed by atoms with Crippen LogP contribution in [0.15, 0.2) is 30.5 Å². The number of benzene rings is 1. The van der Waals surface area contributed by atoms with Gasteiger partial charge in [-0.3, -0.25) is 4.79 Å². The number of nitrogens with zero attached hydrogens (tertiary/aromatic N) is 2. The van der Waals surface area contributed by atoms with E-state index in [0.717, 1.165) is 21.4 Å². The number of amides is 1. The van der Waals surface area contributed by atoms with Gasteiger partial charge in [0.05, 0.1) is 6.42 Å². The molecule has 2 heterocycles. The number of alkyl halides is 3. The number of aryl methyl sites for hydroxylation is 1. The molecular weight excluding hydrogens is 333 g/mol. The van der Waals surface area contributed by atoms with Crippen LogP contribution in [0, 0.1) is 0 Å². The number of hydrogen-bond donors (Lipinski definition) is 0. The normalized spacial score (nSPS) is 16.3. The molecule has 1 fully saturated rings. The minimum atomic E-state index is -4.41. The van der Waals surface area contributed by atoms with Crippen LogP contribution in [-0.2, 0) is 23.0 Å². The first-order valence-electron chi connectivity index (χ1n) is 8.32. The maximum atomic E-state index is 13.0. The van der Waals surface area contributed by atoms with E-state index in [1.54, 1.807) is 0 Å². The summed E-state index contributed by atoms with van der Waals surface area (Å²) in [6, 6.07) is 7.15. The molecule has 0 spiro atoms. The molecule has 0 saturated carbocycles. The average Bonchev–Trinajstić information content (AvgIpc) is 2.89. The molecule has 1 saturated heterocycles. The number of para-hydroxylation sites is 1. The molecule has 7 heteroatoms. The molecule has 0 bridgehead atoms. The predicted octanol–water partition coefficient (Wildman–Crippen LogP) is 3.29. The van der Waals surface area contributed by atoms with Crippen molar-refractivity contribution < 1.29 is 22.7 Å². The van der Waals surface area contributed by atoms with Crippen molar-refractivity contribution in [1.29, 1.82) is 0 Å². The fraction of sp³-hybridized carbons (Fsp3) is 0.500. The lowest BCUT2D eigenvalue weighted by Crippen LogP contribution is -2.48. The summed E-state index contributed by atoms with van der Waals surface area (Å²) in [5.74, 6) is -0.486. The molecule has 1 aromatic carbocycles. The monoisotopic (exact) mass is 354 g/mol. The number of hydrogen-bond acceptors (Lipinski definition) is 2. The Morgan fingerprint density at radius 2 is 1.96 bits per heavy atom. The highest BCUT2D eigenvalue weighted by molar-refractivity contribution is 5.89. The summed E-state index contributed by atoms with van der Waals surface area (Å²) < 4.78 is 46.1. The van der Waals surface area contributed by atoms with Gasteiger partial charge >= 0.3 is 6.18 Å². The molecule has 3 rings (SSSR count). The van der Waals surface area contributed by atoms with Crippen LogP contribution in [-0.4, -0.2) is 47.4 Å². The standard InChI is InChI=1S/C18H21F3N2O2/c1-22-11-13(15-4-2-3-5-16(15)22)10-17(24)23(12-18(19,20)21)14-6-8-25-9-7-14/h2-5,11,14H,6-10,12H2,1H3. The van der Waals surface area contributed by atoms with Crippen LogP contribution in [0.3, 0.4) is 0 Å². The molecule has 0 N–H and O–H groups in total. The van der Waals surface area contributed by atoms with Crippen LogP contribution in [0.1, 0.15) is 18.4 Å². The SMILES string of the molecule is Cn1cc(CC(=O)N(CC(F)(F)F)C2CCOCC2)c2ccccc21. The summed E-state index contributed by atoms with van der Waals surface area (Å²) in [6.45, 7) is -0.428. The Morgan fingerprint density at radius 3 is 2.64 bits per heavy atom. The molecular formula is C18H21F3N2O2. The zero-order valence-electron chi connectivity index (χ0n) is 14.1. The van der Waals surface area contributed by atoms with E-state index in [0.29, 0.717) is 26.1 Å². The van der Waals surface area contributed by atoms with Crippen molar-refractivity contribution >= 4 is 16.8 Å². The Hall–Kier alpha value is -2.02. The van der Waals surface area contributed by atoms with Gasteiger partial charge in [-0.2, -0.15) is 13.2 Å². The van der Waals surface area contributed by atoms with Gasteiger partial charge in [-0.15, -0.1) is 0 Å². The van der Waals surface area contributed by atoms with Crippen LogP contribution < -0.4 is 0 Å². The summed E-state index contributed by atoms with van der Waals surface area (Å²) in [4.78, 5) is 13.7. The van der Waals surface area contributed by atoms with E-state index < -0.39 is 24.7 Å². The third kappa shape index (κ3) is 4.15. The maximum absolute atomic E-state index is 13.0. The van der Waals surface area contributed by atoms with E-state index >= 15 is 0 Å². The van der Waals surface area contributed by atoms with E-state index in [1.807, 2.05) is 42.1 Å². The minimum absolute atomic E-state index is 0.0329. The van der Waals surface area contributed by atoms with Crippen LogP contribution in [0.4, 0.5) is 13.2 Å². The van der Waals surface area contributed by atoms with Gasteiger partial charge in [-0.25, -0.2) is 0 Å². The Bertz CT molecular complexity index is 748. The summed E-state index contributed by atoms with van der Waals surface area (Å²) in [6.07, 6.45) is -1.74. The first-order valence-corrected chi connectivity index (χ1v) is 8.32. The van der Waals surface area contributed by atoms with Crippen molar-refractivity contribution in [2.24, 2.45) is 7.05 Å². The fourth-order valence-corrected chi connectivity index (χ4v) is 3.44. The van der Waals surface area contributed by atoms with Gasteiger partial charge in [0.15, 0.2) is 0 Å². The number of rotatable bonds is 4. The molecule has 0 unspecified atom stereocenters. The van der Waals surface area contributed by atoms with E-state index in [-0.39, 0.29) is 6.42 Å². The Kier molecular flexibility index (Phi) is 5.03. The number of ether oxygens (including phenoxy) is 1. The second-order valence-corrected chi connectivity index (χ2v) is 6.44. The van der Waals surface area contributed by atoms with Crippen LogP contribution in [0.25, 0.3) is 10.9 Å². The van der Waals surface area contributed by atoms with Crippen LogP contribution >= 0.6 is 0 Å². The first-order chi connectivity index (χ1) is 11.8. The van der Waals surface area contributed by atoms with Crippen molar-refractivity contribution in [1.82, 2.24) is 9.47 Å². The van der Waals surface area contributed by atoms with Crippen molar-refractivity contribution in [2.45, 2.75) is 31.5 Å². The van der Waals surface area contributed by atoms with Gasteiger partial charge in [0, 0.05) is 43.4 Å². The molecule has 1 aliphatic heterocycles. The first kappa shape index (κ1) is 17.8. The highest BCUT2D eigenvalue weighted by atomic mass is 19.4. The second-order valence-electron chi connectivity index (χ2n) is 6.44. The average molecular weight is 354 g/mol. The lowest BCUT2D eigenvalue weighted by molar-refractivity contribution is -0.168. The minimum Gasteiger partial charge on any atom is -0.381 e. The number of aromatic nitrogens is 1. The van der Waals surface area contributed by atoms with E-state index in [9.17, 15) is 18.0 Å². The summed E-state index contributed by atoms with van der Waals surface area (Å²) in [7, 11) is 1.86. The van der Waals surface area contributed by atoms with Gasteiger partial charge in [0.1, 0.15) is 6.54 Å². The smallest absolute Gasteiger partial charge is 0.381 e. The molecule has 0 radical (unpaired) electrons. The summed E-state index contributed by atoms with van der Waals surface area (Å²) in [5, 5.41) is 0.900. The van der Waals surface area contributed by atoms with Gasteiger partial charge in [0.25, 0.3) is 0 Å². The Labute approximate surface area is 144 Å². The largest absolute Gasteiger partial charge is 0.406 e. The van der Waals surface area contributed by atoms with Crippen molar-refractivity contribution in [3.8, 4) is 0 Å². The van der Waals surface area contributed by atoms with Crippen molar-refractivity contribution in [3.05, 3.63) is 36.0 Å². The maximum Gasteiger partial charge on any atom is 0.406 e. The number of carbonyl (C=O) groups excluding carboxylic acids is 1. The highest BCUT2D eigenvalue weighted by Gasteiger charge is 2.37. The molecule has 0 atom stereocenters. The Morgan fingerprint density at radius 1 is 1.28 bits per heavy atom. The van der Waals surface area contributed by atoms with Crippen molar-refractivity contribution in [3.63, 3.8) is 0 Å². The lowest BCUT2D eigenvalue weighted by atomic mass is 10.0. The quantitative estimate of drug-likeness (QED) is 0.844. The molecule has 1 aliphatic rings. The summed E-state index contributed by atoms with van der Waals surface area (Å²) >= 11 is 0. The van der Waals surface area contributed by atoms with Crippen LogP contribution in [0.5, 0.6) is 0 Å². The molecule has 1 amide bonds. The molecule has 2 aromatic rings. The van der Waals surface area contributed by atoms with E-state index in [2.05, 4.69) is 0 Å². The Balaban J connectivity index is 1.83. The molecule has 25 heavy (non-hydrogen) atoms. The fourth-order valence-electron chi connectivity index (χ4n) is 3.44. The van der Waals surface area contributed by atoms with Gasteiger partial charge < -0.3 is 14.2 Å². The number of carbonyl (C=O) groups is 1. The van der Waals surface area contributed by atoms with Gasteiger partial charge in [0.2, 0.25) is 5.91 Å². The molecule has 0 aliphatic carbocycles. The van der Waals surface area contributed by atoms with Crippen molar-refractivity contribution in [2.75, 3.05) is 19.8 Å². The van der Waals surface area contributed by atoms with Gasteiger partial charge in [-0.1, -0.05) is 18.2 Å². The number of halogens is 3. The van der Waals surface area contributed by atoms with E-state index in [1.165, 1.54) is 0 Å². The topological polar surface area (TPSA) is 34.5 Å². The number of fused-ring (bicyclic) bond motifs is 1. The second kappa shape index (κ2) is 7.07. The van der Waals surface area contributed by atoms with Crippen LogP contribution in [0.2, 0.25) is 0 Å². The molecule has 4 nitrogen and oxygen atoms in total. The highest BCUT2D eigenvalue weighted by Crippen LogP contribution is 2.25. The third-order valence-electron chi connectivity index (χ3n) is 4.62. The van der Waals surface area contributed by atoms with E-state index in [4.69, 9.17) is 4.74 Å². The zero-order valence-corrected chi connectivity index (χ0v) is 14.1. The molecule has 136 valence electrons. The summed E-state index contributed by atoms with van der Waals surface area (Å²) in [5.41, 5.74) is 1.71. The third-order valence-corrected chi connectivity index (χ3v) is 4.62. The van der Waals surface area contributed by atoms with Gasteiger partial charge in [-0.05, 0) is 24.5 Å². The molecule has 1 aromatic heterocycles. The zero-order chi connectivity index (χ0) is 18.0. The predicted molar refractivity (Wildman–Crippen MR) is 88.2 cm³/mol.